The lowest BCUT2D eigenvalue weighted by molar-refractivity contribution is 0.217. The summed E-state index contributed by atoms with van der Waals surface area (Å²) < 4.78 is 1.98. The SMILES string of the molecule is CCC.CN1CCC(n2c(=O)[nH]c3c2=CCCC=3)CC1. The van der Waals surface area contributed by atoms with E-state index in [0.29, 0.717) is 6.04 Å². The molecule has 1 aliphatic heterocycles. The average molecular weight is 277 g/mol. The molecule has 0 bridgehead atoms. The summed E-state index contributed by atoms with van der Waals surface area (Å²) >= 11 is 0. The number of H-pyrrole nitrogens is 1. The normalized spacial score (nSPS) is 19.4. The fourth-order valence-electron chi connectivity index (χ4n) is 2.91. The minimum atomic E-state index is 0.0685. The number of nitrogens with zero attached hydrogens (tertiary/aromatic N) is 2. The highest BCUT2D eigenvalue weighted by molar-refractivity contribution is 5.33. The molecule has 0 saturated carbocycles. The number of piperidine rings is 1. The molecule has 2 heterocycles. The van der Waals surface area contributed by atoms with Crippen molar-refractivity contribution in [3.05, 3.63) is 21.2 Å². The molecule has 0 aromatic carbocycles. The van der Waals surface area contributed by atoms with Gasteiger partial charge in [-0.3, -0.25) is 4.57 Å². The van der Waals surface area contributed by atoms with Crippen LogP contribution < -0.4 is 16.4 Å². The molecule has 4 nitrogen and oxygen atoms in total. The Morgan fingerprint density at radius 3 is 2.45 bits per heavy atom. The lowest BCUT2D eigenvalue weighted by Gasteiger charge is -2.29. The molecule has 3 rings (SSSR count). The molecule has 112 valence electrons. The molecule has 0 spiro atoms. The largest absolute Gasteiger partial charge is 0.326 e. The van der Waals surface area contributed by atoms with Crippen LogP contribution in [0.3, 0.4) is 0 Å². The molecule has 1 aliphatic carbocycles. The molecule has 0 unspecified atom stereocenters. The molecule has 1 aromatic rings. The van der Waals surface area contributed by atoms with Crippen molar-refractivity contribution < 1.29 is 0 Å². The van der Waals surface area contributed by atoms with E-state index in [0.717, 1.165) is 49.5 Å². The number of imidazole rings is 1. The van der Waals surface area contributed by atoms with Crippen molar-refractivity contribution in [2.24, 2.45) is 0 Å². The second-order valence-electron chi connectivity index (χ2n) is 5.83. The molecule has 4 heteroatoms. The van der Waals surface area contributed by atoms with Gasteiger partial charge in [0.2, 0.25) is 0 Å². The topological polar surface area (TPSA) is 41.0 Å². The fourth-order valence-corrected chi connectivity index (χ4v) is 2.91. The van der Waals surface area contributed by atoms with Gasteiger partial charge >= 0.3 is 5.69 Å². The van der Waals surface area contributed by atoms with Crippen LogP contribution in [0.2, 0.25) is 0 Å². The predicted molar refractivity (Wildman–Crippen MR) is 84.2 cm³/mol. The van der Waals surface area contributed by atoms with Crippen LogP contribution in [0.15, 0.2) is 4.79 Å². The molecule has 1 saturated heterocycles. The Kier molecular flexibility index (Phi) is 5.24. The van der Waals surface area contributed by atoms with Gasteiger partial charge in [0.1, 0.15) is 0 Å². The third-order valence-electron chi connectivity index (χ3n) is 3.90. The van der Waals surface area contributed by atoms with E-state index in [2.05, 4.69) is 42.9 Å². The summed E-state index contributed by atoms with van der Waals surface area (Å²) in [4.78, 5) is 17.4. The average Bonchev–Trinajstić information content (AvgIpc) is 2.77. The van der Waals surface area contributed by atoms with Gasteiger partial charge in [0.15, 0.2) is 0 Å². The summed E-state index contributed by atoms with van der Waals surface area (Å²) in [5.74, 6) is 0. The first-order valence-electron chi connectivity index (χ1n) is 7.86. The first-order valence-corrected chi connectivity index (χ1v) is 7.86. The molecule has 1 N–H and O–H groups in total. The van der Waals surface area contributed by atoms with Crippen molar-refractivity contribution in [3.8, 4) is 0 Å². The van der Waals surface area contributed by atoms with Crippen molar-refractivity contribution in [1.82, 2.24) is 14.5 Å². The van der Waals surface area contributed by atoms with E-state index in [4.69, 9.17) is 0 Å². The van der Waals surface area contributed by atoms with E-state index in [1.165, 1.54) is 6.42 Å². The van der Waals surface area contributed by atoms with Gasteiger partial charge in [0.25, 0.3) is 0 Å². The van der Waals surface area contributed by atoms with Gasteiger partial charge in [-0.05, 0) is 45.8 Å². The maximum atomic E-state index is 12.0. The number of likely N-dealkylation sites (tertiary alicyclic amines) is 1. The van der Waals surface area contributed by atoms with Gasteiger partial charge in [0, 0.05) is 6.04 Å². The quantitative estimate of drug-likeness (QED) is 0.838. The predicted octanol–water partition coefficient (Wildman–Crippen LogP) is 1.21. The zero-order valence-electron chi connectivity index (χ0n) is 13.0. The molecule has 0 amide bonds. The van der Waals surface area contributed by atoms with E-state index < -0.39 is 0 Å². The van der Waals surface area contributed by atoms with Crippen LogP contribution in [-0.2, 0) is 0 Å². The fraction of sp³-hybridized carbons (Fsp3) is 0.688. The third kappa shape index (κ3) is 3.23. The summed E-state index contributed by atoms with van der Waals surface area (Å²) in [5, 5.41) is 2.15. The molecule has 1 aromatic heterocycles. The highest BCUT2D eigenvalue weighted by Gasteiger charge is 2.21. The van der Waals surface area contributed by atoms with Gasteiger partial charge in [-0.25, -0.2) is 4.79 Å². The summed E-state index contributed by atoms with van der Waals surface area (Å²) in [5.41, 5.74) is 0.0685. The lowest BCUT2D eigenvalue weighted by Crippen LogP contribution is -2.41. The molecule has 20 heavy (non-hydrogen) atoms. The first kappa shape index (κ1) is 15.1. The Labute approximate surface area is 120 Å². The Bertz CT molecular complexity index is 588. The smallest absolute Gasteiger partial charge is 0.306 e. The molecule has 1 fully saturated rings. The number of hydrogen-bond acceptors (Lipinski definition) is 2. The maximum Gasteiger partial charge on any atom is 0.326 e. The van der Waals surface area contributed by atoms with Crippen LogP contribution in [-0.4, -0.2) is 34.6 Å². The lowest BCUT2D eigenvalue weighted by atomic mass is 10.1. The summed E-state index contributed by atoms with van der Waals surface area (Å²) in [6.07, 6.45) is 9.84. The van der Waals surface area contributed by atoms with Crippen molar-refractivity contribution in [1.29, 1.82) is 0 Å². The van der Waals surface area contributed by atoms with Crippen molar-refractivity contribution in [2.45, 2.75) is 52.0 Å². The van der Waals surface area contributed by atoms with Crippen LogP contribution in [0.4, 0.5) is 0 Å². The minimum absolute atomic E-state index is 0.0685. The van der Waals surface area contributed by atoms with Gasteiger partial charge in [-0.15, -0.1) is 0 Å². The Morgan fingerprint density at radius 2 is 1.80 bits per heavy atom. The van der Waals surface area contributed by atoms with Gasteiger partial charge in [-0.1, -0.05) is 32.4 Å². The zero-order chi connectivity index (χ0) is 14.5. The van der Waals surface area contributed by atoms with Crippen LogP contribution >= 0.6 is 0 Å². The molecular weight excluding hydrogens is 250 g/mol. The van der Waals surface area contributed by atoms with E-state index >= 15 is 0 Å². The maximum absolute atomic E-state index is 12.0. The number of hydrogen-bond donors (Lipinski definition) is 1. The van der Waals surface area contributed by atoms with Gasteiger partial charge in [-0.2, -0.15) is 0 Å². The van der Waals surface area contributed by atoms with Gasteiger partial charge < -0.3 is 9.88 Å². The van der Waals surface area contributed by atoms with E-state index in [1.54, 1.807) is 0 Å². The number of nitrogens with one attached hydrogen (secondary N) is 1. The van der Waals surface area contributed by atoms with E-state index in [-0.39, 0.29) is 5.69 Å². The van der Waals surface area contributed by atoms with Crippen molar-refractivity contribution in [2.75, 3.05) is 20.1 Å². The monoisotopic (exact) mass is 277 g/mol. The van der Waals surface area contributed by atoms with Crippen LogP contribution in [0.25, 0.3) is 12.2 Å². The zero-order valence-corrected chi connectivity index (χ0v) is 13.0. The summed E-state index contributed by atoms with van der Waals surface area (Å²) in [6, 6.07) is 0.376. The Morgan fingerprint density at radius 1 is 1.20 bits per heavy atom. The van der Waals surface area contributed by atoms with Crippen molar-refractivity contribution >= 4 is 12.2 Å². The van der Waals surface area contributed by atoms with Gasteiger partial charge in [0.05, 0.1) is 10.7 Å². The second-order valence-corrected chi connectivity index (χ2v) is 5.83. The number of rotatable bonds is 1. The highest BCUT2D eigenvalue weighted by Crippen LogP contribution is 2.18. The number of aromatic amines is 1. The van der Waals surface area contributed by atoms with Crippen LogP contribution in [0, 0.1) is 0 Å². The number of fused-ring (bicyclic) bond motifs is 1. The minimum Gasteiger partial charge on any atom is -0.306 e. The van der Waals surface area contributed by atoms with Crippen molar-refractivity contribution in [3.63, 3.8) is 0 Å². The third-order valence-corrected chi connectivity index (χ3v) is 3.90. The van der Waals surface area contributed by atoms with Crippen LogP contribution in [0.5, 0.6) is 0 Å². The highest BCUT2D eigenvalue weighted by atomic mass is 16.1. The van der Waals surface area contributed by atoms with Crippen LogP contribution in [0.1, 0.15) is 52.0 Å². The Hall–Kier alpha value is -1.29. The molecule has 2 aliphatic rings. The molecule has 0 radical (unpaired) electrons. The summed E-state index contributed by atoms with van der Waals surface area (Å²) in [7, 11) is 2.14. The summed E-state index contributed by atoms with van der Waals surface area (Å²) in [6.45, 7) is 6.42. The molecular formula is C16H27N3O. The van der Waals surface area contributed by atoms with E-state index in [1.807, 2.05) is 4.57 Å². The first-order chi connectivity index (χ1) is 9.67. The standard InChI is InChI=1S/C13H19N3O.C3H8/c1-15-8-6-10(7-9-15)16-12-5-3-2-4-11(12)14-13(16)17;1-3-2/h4-5,10H,2-3,6-9H2,1H3,(H,14,17);3H2,1-2H3. The molecule has 0 atom stereocenters. The Balaban J connectivity index is 0.000000452. The van der Waals surface area contributed by atoms with E-state index in [9.17, 15) is 4.79 Å². The number of aromatic nitrogens is 2. The second kappa shape index (κ2) is 6.93.